The van der Waals surface area contributed by atoms with Crippen LogP contribution in [0.25, 0.3) is 0 Å². The highest BCUT2D eigenvalue weighted by atomic mass is 32.2. The molecule has 1 aromatic carbocycles. The highest BCUT2D eigenvalue weighted by Gasteiger charge is 2.36. The van der Waals surface area contributed by atoms with Gasteiger partial charge in [-0.05, 0) is 36.1 Å². The molecule has 1 heterocycles. The normalized spacial score (nSPS) is 24.6. The van der Waals surface area contributed by atoms with Crippen molar-refractivity contribution >= 4 is 10.0 Å². The zero-order chi connectivity index (χ0) is 14.0. The van der Waals surface area contributed by atoms with E-state index in [-0.39, 0.29) is 23.3 Å². The van der Waals surface area contributed by atoms with Gasteiger partial charge in [0.15, 0.2) is 0 Å². The van der Waals surface area contributed by atoms with Crippen LogP contribution in [0.3, 0.4) is 0 Å². The fourth-order valence-corrected chi connectivity index (χ4v) is 3.91. The Morgan fingerprint density at radius 2 is 1.95 bits per heavy atom. The molecule has 1 saturated heterocycles. The highest BCUT2D eigenvalue weighted by Crippen LogP contribution is 2.28. The van der Waals surface area contributed by atoms with Gasteiger partial charge in [-0.25, -0.2) is 8.42 Å². The van der Waals surface area contributed by atoms with E-state index in [1.807, 2.05) is 6.92 Å². The highest BCUT2D eigenvalue weighted by molar-refractivity contribution is 7.89. The molecule has 19 heavy (non-hydrogen) atoms. The van der Waals surface area contributed by atoms with Crippen LogP contribution in [0.5, 0.6) is 5.75 Å². The molecule has 0 aliphatic carbocycles. The molecule has 5 nitrogen and oxygen atoms in total. The van der Waals surface area contributed by atoms with Crippen LogP contribution >= 0.6 is 0 Å². The van der Waals surface area contributed by atoms with Gasteiger partial charge in [-0.3, -0.25) is 0 Å². The number of methoxy groups -OCH3 is 1. The summed E-state index contributed by atoms with van der Waals surface area (Å²) < 4.78 is 31.4. The Balaban J connectivity index is 2.22. The maximum absolute atomic E-state index is 12.4. The number of aliphatic hydroxyl groups excluding tert-OH is 1. The van der Waals surface area contributed by atoms with Gasteiger partial charge in [-0.1, -0.05) is 6.92 Å². The minimum Gasteiger partial charge on any atom is -0.497 e. The van der Waals surface area contributed by atoms with Gasteiger partial charge >= 0.3 is 0 Å². The van der Waals surface area contributed by atoms with E-state index in [1.165, 1.54) is 11.4 Å². The lowest BCUT2D eigenvalue weighted by atomic mass is 10.00. The van der Waals surface area contributed by atoms with E-state index >= 15 is 0 Å². The molecule has 0 amide bonds. The maximum Gasteiger partial charge on any atom is 0.243 e. The molecule has 0 radical (unpaired) electrons. The molecule has 0 spiro atoms. The van der Waals surface area contributed by atoms with Gasteiger partial charge in [0.05, 0.1) is 12.0 Å². The van der Waals surface area contributed by atoms with Gasteiger partial charge < -0.3 is 9.84 Å². The first-order chi connectivity index (χ1) is 8.98. The van der Waals surface area contributed by atoms with Crippen molar-refractivity contribution in [3.8, 4) is 5.75 Å². The summed E-state index contributed by atoms with van der Waals surface area (Å²) in [6.07, 6.45) is 0. The van der Waals surface area contributed by atoms with Crippen LogP contribution in [0, 0.1) is 11.8 Å². The summed E-state index contributed by atoms with van der Waals surface area (Å²) in [6, 6.07) is 6.36. The average molecular weight is 285 g/mol. The molecule has 106 valence electrons. The molecule has 0 aromatic heterocycles. The summed E-state index contributed by atoms with van der Waals surface area (Å²) in [4.78, 5) is 0.263. The predicted octanol–water partition coefficient (Wildman–Crippen LogP) is 0.944. The third-order valence-electron chi connectivity index (χ3n) is 3.67. The lowest BCUT2D eigenvalue weighted by Crippen LogP contribution is -2.29. The molecule has 2 rings (SSSR count). The zero-order valence-corrected chi connectivity index (χ0v) is 11.9. The van der Waals surface area contributed by atoms with E-state index < -0.39 is 10.0 Å². The number of nitrogens with zero attached hydrogens (tertiary/aromatic N) is 1. The van der Waals surface area contributed by atoms with Crippen LogP contribution in [0.4, 0.5) is 0 Å². The number of hydrogen-bond donors (Lipinski definition) is 1. The van der Waals surface area contributed by atoms with Crippen LogP contribution in [-0.4, -0.2) is 44.6 Å². The van der Waals surface area contributed by atoms with Crippen molar-refractivity contribution in [2.75, 3.05) is 26.8 Å². The van der Waals surface area contributed by atoms with Crippen LogP contribution in [0.2, 0.25) is 0 Å². The fourth-order valence-electron chi connectivity index (χ4n) is 2.32. The molecule has 1 aliphatic rings. The average Bonchev–Trinajstić information content (AvgIpc) is 2.81. The minimum atomic E-state index is -3.47. The first-order valence-corrected chi connectivity index (χ1v) is 7.68. The van der Waals surface area contributed by atoms with Crippen LogP contribution in [0.15, 0.2) is 29.2 Å². The summed E-state index contributed by atoms with van der Waals surface area (Å²) in [5, 5.41) is 9.22. The van der Waals surface area contributed by atoms with Crippen LogP contribution in [0.1, 0.15) is 6.92 Å². The summed E-state index contributed by atoms with van der Waals surface area (Å²) in [6.45, 7) is 2.83. The first kappa shape index (κ1) is 14.3. The Labute approximate surface area is 113 Å². The second-order valence-corrected chi connectivity index (χ2v) is 6.86. The summed E-state index contributed by atoms with van der Waals surface area (Å²) in [5.41, 5.74) is 0. The first-order valence-electron chi connectivity index (χ1n) is 6.24. The lowest BCUT2D eigenvalue weighted by Gasteiger charge is -2.16. The van der Waals surface area contributed by atoms with Gasteiger partial charge in [-0.2, -0.15) is 4.31 Å². The van der Waals surface area contributed by atoms with Crippen molar-refractivity contribution in [3.63, 3.8) is 0 Å². The number of sulfonamides is 1. The van der Waals surface area contributed by atoms with Crippen LogP contribution < -0.4 is 4.74 Å². The quantitative estimate of drug-likeness (QED) is 0.894. The van der Waals surface area contributed by atoms with Crippen molar-refractivity contribution < 1.29 is 18.3 Å². The second kappa shape index (κ2) is 5.48. The van der Waals surface area contributed by atoms with Gasteiger partial charge in [0.1, 0.15) is 5.75 Å². The zero-order valence-electron chi connectivity index (χ0n) is 11.1. The molecule has 0 unspecified atom stereocenters. The van der Waals surface area contributed by atoms with Crippen molar-refractivity contribution in [2.45, 2.75) is 11.8 Å². The second-order valence-electron chi connectivity index (χ2n) is 4.92. The standard InChI is InChI=1S/C13H19NO4S/c1-10-7-14(8-11(10)9-15)19(16,17)13-5-3-12(18-2)4-6-13/h3-6,10-11,15H,7-9H2,1-2H3/t10-,11+/m1/s1. The smallest absolute Gasteiger partial charge is 0.243 e. The molecule has 6 heteroatoms. The monoisotopic (exact) mass is 285 g/mol. The third-order valence-corrected chi connectivity index (χ3v) is 5.51. The predicted molar refractivity (Wildman–Crippen MR) is 71.5 cm³/mol. The summed E-state index contributed by atoms with van der Waals surface area (Å²) in [7, 11) is -1.93. The molecule has 1 aromatic rings. The largest absolute Gasteiger partial charge is 0.497 e. The number of hydrogen-bond acceptors (Lipinski definition) is 4. The van der Waals surface area contributed by atoms with Crippen molar-refractivity contribution in [3.05, 3.63) is 24.3 Å². The molecular formula is C13H19NO4S. The van der Waals surface area contributed by atoms with E-state index in [2.05, 4.69) is 0 Å². The van der Waals surface area contributed by atoms with Crippen LogP contribution in [-0.2, 0) is 10.0 Å². The Kier molecular flexibility index (Phi) is 4.13. The number of rotatable bonds is 4. The Bertz CT molecular complexity index is 526. The van der Waals surface area contributed by atoms with Crippen molar-refractivity contribution in [2.24, 2.45) is 11.8 Å². The molecular weight excluding hydrogens is 266 g/mol. The van der Waals surface area contributed by atoms with E-state index in [1.54, 1.807) is 24.3 Å². The van der Waals surface area contributed by atoms with Crippen molar-refractivity contribution in [1.82, 2.24) is 4.31 Å². The van der Waals surface area contributed by atoms with Gasteiger partial charge in [0.2, 0.25) is 10.0 Å². The van der Waals surface area contributed by atoms with Crippen molar-refractivity contribution in [1.29, 1.82) is 0 Å². The lowest BCUT2D eigenvalue weighted by molar-refractivity contribution is 0.210. The van der Waals surface area contributed by atoms with E-state index in [0.29, 0.717) is 18.8 Å². The minimum absolute atomic E-state index is 0.0213. The summed E-state index contributed by atoms with van der Waals surface area (Å²) in [5.74, 6) is 0.827. The Morgan fingerprint density at radius 3 is 2.42 bits per heavy atom. The molecule has 1 aliphatic heterocycles. The Morgan fingerprint density at radius 1 is 1.32 bits per heavy atom. The molecule has 2 atom stereocenters. The van der Waals surface area contributed by atoms with E-state index in [4.69, 9.17) is 4.74 Å². The Hall–Kier alpha value is -1.11. The molecule has 1 fully saturated rings. The maximum atomic E-state index is 12.4. The molecule has 0 saturated carbocycles. The molecule has 0 bridgehead atoms. The summed E-state index contributed by atoms with van der Waals surface area (Å²) >= 11 is 0. The number of ether oxygens (including phenoxy) is 1. The van der Waals surface area contributed by atoms with Gasteiger partial charge in [-0.15, -0.1) is 0 Å². The number of aliphatic hydroxyl groups is 1. The van der Waals surface area contributed by atoms with Gasteiger partial charge in [0, 0.05) is 19.7 Å². The SMILES string of the molecule is COc1ccc(S(=O)(=O)N2C[C@@H](CO)[C@H](C)C2)cc1. The molecule has 1 N–H and O–H groups in total. The van der Waals surface area contributed by atoms with Gasteiger partial charge in [0.25, 0.3) is 0 Å². The topological polar surface area (TPSA) is 66.8 Å². The third kappa shape index (κ3) is 2.75. The fraction of sp³-hybridized carbons (Fsp3) is 0.538. The van der Waals surface area contributed by atoms with E-state index in [0.717, 1.165) is 0 Å². The number of benzene rings is 1. The van der Waals surface area contributed by atoms with E-state index in [9.17, 15) is 13.5 Å².